The number of nitrogens with two attached hydrogens (primary N) is 1. The van der Waals surface area contributed by atoms with Gasteiger partial charge in [0.15, 0.2) is 0 Å². The van der Waals surface area contributed by atoms with Crippen LogP contribution in [-0.4, -0.2) is 10.2 Å². The van der Waals surface area contributed by atoms with Crippen LogP contribution in [0.2, 0.25) is 5.02 Å². The molecule has 1 heterocycles. The van der Waals surface area contributed by atoms with Crippen LogP contribution in [0.25, 0.3) is 12.2 Å². The maximum atomic E-state index is 6.14. The van der Waals surface area contributed by atoms with Crippen LogP contribution < -0.4 is 10.5 Å². The van der Waals surface area contributed by atoms with E-state index in [2.05, 4.69) is 32.8 Å². The van der Waals surface area contributed by atoms with E-state index in [0.29, 0.717) is 17.5 Å². The number of nitrogens with zero attached hydrogens (tertiary/aromatic N) is 2. The lowest BCUT2D eigenvalue weighted by Crippen LogP contribution is -1.97. The predicted molar refractivity (Wildman–Crippen MR) is 103 cm³/mol. The monoisotopic (exact) mass is 453 g/mol. The van der Waals surface area contributed by atoms with Crippen LogP contribution in [0.15, 0.2) is 46.9 Å². The van der Waals surface area contributed by atoms with Crippen molar-refractivity contribution in [3.63, 3.8) is 0 Å². The summed E-state index contributed by atoms with van der Waals surface area (Å²) in [5, 5.41) is 8.07. The highest BCUT2D eigenvalue weighted by atomic mass is 127. The van der Waals surface area contributed by atoms with Gasteiger partial charge < -0.3 is 14.9 Å². The molecule has 0 aliphatic carbocycles. The van der Waals surface area contributed by atoms with E-state index in [1.54, 1.807) is 6.08 Å². The first-order valence-corrected chi connectivity index (χ1v) is 8.50. The number of halogens is 2. The van der Waals surface area contributed by atoms with Gasteiger partial charge in [-0.3, -0.25) is 0 Å². The van der Waals surface area contributed by atoms with E-state index in [1.807, 2.05) is 48.5 Å². The quantitative estimate of drug-likeness (QED) is 0.569. The smallest absolute Gasteiger partial charge is 0.313 e. The Balaban J connectivity index is 1.68. The van der Waals surface area contributed by atoms with Crippen molar-refractivity contribution in [3.8, 4) is 5.75 Å². The summed E-state index contributed by atoms with van der Waals surface area (Å²) in [5.41, 5.74) is 7.32. The minimum Gasteiger partial charge on any atom is -0.488 e. The topological polar surface area (TPSA) is 74.2 Å². The minimum atomic E-state index is 0.0487. The van der Waals surface area contributed by atoms with E-state index in [1.165, 1.54) is 0 Å². The summed E-state index contributed by atoms with van der Waals surface area (Å²) in [7, 11) is 0. The zero-order valence-electron chi connectivity index (χ0n) is 12.4. The molecule has 0 bridgehead atoms. The van der Waals surface area contributed by atoms with Crippen molar-refractivity contribution in [2.75, 3.05) is 5.73 Å². The number of ether oxygens (including phenoxy) is 1. The fourth-order valence-electron chi connectivity index (χ4n) is 1.99. The Morgan fingerprint density at radius 2 is 2.00 bits per heavy atom. The molecule has 0 saturated heterocycles. The fourth-order valence-corrected chi connectivity index (χ4v) is 2.88. The summed E-state index contributed by atoms with van der Waals surface area (Å²) in [5.74, 6) is 1.16. The lowest BCUT2D eigenvalue weighted by molar-refractivity contribution is 0.304. The summed E-state index contributed by atoms with van der Waals surface area (Å²) in [6.07, 6.45) is 3.58. The van der Waals surface area contributed by atoms with Gasteiger partial charge in [0.2, 0.25) is 5.89 Å². The molecule has 24 heavy (non-hydrogen) atoms. The normalized spacial score (nSPS) is 11.1. The maximum Gasteiger partial charge on any atom is 0.313 e. The molecule has 2 N–H and O–H groups in total. The van der Waals surface area contributed by atoms with Gasteiger partial charge in [0, 0.05) is 16.7 Å². The zero-order chi connectivity index (χ0) is 16.9. The lowest BCUT2D eigenvalue weighted by atomic mass is 10.2. The number of nitrogen functional groups attached to an aromatic ring is 1. The van der Waals surface area contributed by atoms with E-state index < -0.39 is 0 Å². The number of anilines is 1. The molecule has 3 aromatic rings. The SMILES string of the molecule is Nc1nnc(/C=C/c2ccc(OCc3ccccc3Cl)c(I)c2)o1. The number of hydrogen-bond donors (Lipinski definition) is 1. The van der Waals surface area contributed by atoms with Gasteiger partial charge in [-0.1, -0.05) is 41.0 Å². The predicted octanol–water partition coefficient (Wildman–Crippen LogP) is 4.66. The van der Waals surface area contributed by atoms with Gasteiger partial charge >= 0.3 is 6.01 Å². The average Bonchev–Trinajstić information content (AvgIpc) is 2.99. The molecule has 3 rings (SSSR count). The van der Waals surface area contributed by atoms with Crippen molar-refractivity contribution in [2.24, 2.45) is 0 Å². The van der Waals surface area contributed by atoms with Gasteiger partial charge in [0.05, 0.1) is 3.57 Å². The molecular formula is C17H13ClIN3O2. The van der Waals surface area contributed by atoms with Gasteiger partial charge in [-0.25, -0.2) is 0 Å². The first-order valence-electron chi connectivity index (χ1n) is 7.04. The van der Waals surface area contributed by atoms with Crippen LogP contribution in [0.1, 0.15) is 17.0 Å². The highest BCUT2D eigenvalue weighted by Crippen LogP contribution is 2.25. The molecule has 1 aromatic heterocycles. The summed E-state index contributed by atoms with van der Waals surface area (Å²) >= 11 is 8.37. The molecule has 0 amide bonds. The molecule has 122 valence electrons. The van der Waals surface area contributed by atoms with Crippen molar-refractivity contribution in [1.82, 2.24) is 10.2 Å². The van der Waals surface area contributed by atoms with Gasteiger partial charge in [-0.15, -0.1) is 5.10 Å². The summed E-state index contributed by atoms with van der Waals surface area (Å²) in [4.78, 5) is 0. The highest BCUT2D eigenvalue weighted by molar-refractivity contribution is 14.1. The Bertz CT molecular complexity index is 880. The molecule has 0 unspecified atom stereocenters. The fraction of sp³-hybridized carbons (Fsp3) is 0.0588. The lowest BCUT2D eigenvalue weighted by Gasteiger charge is -2.10. The molecule has 0 fully saturated rings. The van der Waals surface area contributed by atoms with Crippen LogP contribution in [0, 0.1) is 3.57 Å². The minimum absolute atomic E-state index is 0.0487. The van der Waals surface area contributed by atoms with Gasteiger partial charge in [0.25, 0.3) is 0 Å². The van der Waals surface area contributed by atoms with Crippen LogP contribution in [0.4, 0.5) is 6.01 Å². The van der Waals surface area contributed by atoms with Crippen LogP contribution in [-0.2, 0) is 6.61 Å². The second-order valence-electron chi connectivity index (χ2n) is 4.88. The average molecular weight is 454 g/mol. The summed E-state index contributed by atoms with van der Waals surface area (Å²) in [6.45, 7) is 0.423. The van der Waals surface area contributed by atoms with E-state index in [-0.39, 0.29) is 6.01 Å². The van der Waals surface area contributed by atoms with E-state index in [9.17, 15) is 0 Å². The van der Waals surface area contributed by atoms with Crippen molar-refractivity contribution in [1.29, 1.82) is 0 Å². The Kier molecular flexibility index (Phi) is 5.37. The van der Waals surface area contributed by atoms with E-state index in [0.717, 1.165) is 20.4 Å². The van der Waals surface area contributed by atoms with Crippen LogP contribution in [0.5, 0.6) is 5.75 Å². The summed E-state index contributed by atoms with van der Waals surface area (Å²) < 4.78 is 11.9. The molecule has 0 atom stereocenters. The standard InChI is InChI=1S/C17H13ClIN3O2/c18-13-4-2-1-3-12(13)10-23-15-7-5-11(9-14(15)19)6-8-16-21-22-17(20)24-16/h1-9H,10H2,(H2,20,22)/b8-6+. The molecule has 0 radical (unpaired) electrons. The third kappa shape index (κ3) is 4.27. The second kappa shape index (κ2) is 7.67. The van der Waals surface area contributed by atoms with Gasteiger partial charge in [-0.05, 0) is 52.4 Å². The summed E-state index contributed by atoms with van der Waals surface area (Å²) in [6, 6.07) is 13.5. The highest BCUT2D eigenvalue weighted by Gasteiger charge is 2.05. The molecule has 0 aliphatic rings. The number of hydrogen-bond acceptors (Lipinski definition) is 5. The maximum absolute atomic E-state index is 6.14. The third-order valence-electron chi connectivity index (χ3n) is 3.17. The van der Waals surface area contributed by atoms with Crippen molar-refractivity contribution >= 4 is 52.4 Å². The van der Waals surface area contributed by atoms with E-state index >= 15 is 0 Å². The second-order valence-corrected chi connectivity index (χ2v) is 6.45. The number of aromatic nitrogens is 2. The first-order chi connectivity index (χ1) is 11.6. The van der Waals surface area contributed by atoms with E-state index in [4.69, 9.17) is 26.5 Å². The molecule has 0 saturated carbocycles. The van der Waals surface area contributed by atoms with Crippen molar-refractivity contribution < 1.29 is 9.15 Å². The first kappa shape index (κ1) is 16.8. The Morgan fingerprint density at radius 1 is 1.17 bits per heavy atom. The zero-order valence-corrected chi connectivity index (χ0v) is 15.4. The number of benzene rings is 2. The van der Waals surface area contributed by atoms with Gasteiger partial charge in [-0.2, -0.15) is 0 Å². The Labute approximate surface area is 157 Å². The van der Waals surface area contributed by atoms with Crippen molar-refractivity contribution in [3.05, 3.63) is 68.1 Å². The Morgan fingerprint density at radius 3 is 2.71 bits per heavy atom. The largest absolute Gasteiger partial charge is 0.488 e. The molecule has 7 heteroatoms. The Hall–Kier alpha value is -2.06. The number of rotatable bonds is 5. The molecule has 5 nitrogen and oxygen atoms in total. The molecule has 0 aliphatic heterocycles. The molecule has 0 spiro atoms. The third-order valence-corrected chi connectivity index (χ3v) is 4.38. The van der Waals surface area contributed by atoms with Gasteiger partial charge in [0.1, 0.15) is 12.4 Å². The molecular weight excluding hydrogens is 441 g/mol. The van der Waals surface area contributed by atoms with Crippen LogP contribution >= 0.6 is 34.2 Å². The van der Waals surface area contributed by atoms with Crippen LogP contribution in [0.3, 0.4) is 0 Å². The molecule has 2 aromatic carbocycles. The van der Waals surface area contributed by atoms with Crippen molar-refractivity contribution in [2.45, 2.75) is 6.61 Å².